The minimum absolute atomic E-state index is 0.0526. The predicted molar refractivity (Wildman–Crippen MR) is 94.3 cm³/mol. The van der Waals surface area contributed by atoms with E-state index in [-0.39, 0.29) is 23.5 Å². The number of benzene rings is 2. The molecule has 3 aromatic rings. The summed E-state index contributed by atoms with van der Waals surface area (Å²) in [6.07, 6.45) is 0.0526. The molecule has 0 amide bonds. The summed E-state index contributed by atoms with van der Waals surface area (Å²) in [5.41, 5.74) is 0.361. The summed E-state index contributed by atoms with van der Waals surface area (Å²) >= 11 is 0. The summed E-state index contributed by atoms with van der Waals surface area (Å²) in [6.45, 7) is 1.45. The third-order valence-corrected chi connectivity index (χ3v) is 4.17. The largest absolute Gasteiger partial charge is 0.507 e. The van der Waals surface area contributed by atoms with Crippen molar-refractivity contribution in [3.05, 3.63) is 70.1 Å². The number of fused-ring (bicyclic) bond motifs is 1. The van der Waals surface area contributed by atoms with E-state index in [0.29, 0.717) is 22.3 Å². The number of methoxy groups -OCH3 is 1. The predicted octanol–water partition coefficient (Wildman–Crippen LogP) is 3.62. The number of ketones is 1. The average Bonchev–Trinajstić information content (AvgIpc) is 2.60. The van der Waals surface area contributed by atoms with Gasteiger partial charge in [-0.2, -0.15) is 0 Å². The van der Waals surface area contributed by atoms with E-state index in [1.165, 1.54) is 14.0 Å². The number of carbonyl (C=O) groups excluding carboxylic acids is 1. The van der Waals surface area contributed by atoms with Crippen LogP contribution in [0.25, 0.3) is 11.0 Å². The number of hydrogen-bond donors (Lipinski definition) is 1. The number of ether oxygens (including phenoxy) is 1. The second-order valence-electron chi connectivity index (χ2n) is 5.85. The standard InChI is InChI=1S/C20H18O5/c1-12(21)11-15(13-7-3-5-9-16(13)24-2)18-19(22)14-8-4-6-10-17(14)25-20(18)23/h3-10,15,22H,11H2,1-2H3/t15-/m1/s1. The van der Waals surface area contributed by atoms with Crippen molar-refractivity contribution in [3.63, 3.8) is 0 Å². The second-order valence-corrected chi connectivity index (χ2v) is 5.85. The summed E-state index contributed by atoms with van der Waals surface area (Å²) < 4.78 is 10.7. The number of para-hydroxylation sites is 2. The molecular weight excluding hydrogens is 320 g/mol. The van der Waals surface area contributed by atoms with Crippen molar-refractivity contribution in [2.24, 2.45) is 0 Å². The SMILES string of the molecule is COc1ccccc1[C@@H](CC(C)=O)c1c(O)c2ccccc2oc1=O. The topological polar surface area (TPSA) is 76.7 Å². The van der Waals surface area contributed by atoms with Crippen molar-refractivity contribution in [2.75, 3.05) is 7.11 Å². The Labute approximate surface area is 144 Å². The fourth-order valence-electron chi connectivity index (χ4n) is 3.06. The minimum atomic E-state index is -0.659. The lowest BCUT2D eigenvalue weighted by Crippen LogP contribution is -2.17. The lowest BCUT2D eigenvalue weighted by molar-refractivity contribution is -0.117. The maximum atomic E-state index is 12.6. The first kappa shape index (κ1) is 16.8. The monoisotopic (exact) mass is 338 g/mol. The number of hydrogen-bond acceptors (Lipinski definition) is 5. The molecule has 5 heteroatoms. The smallest absolute Gasteiger partial charge is 0.343 e. The average molecular weight is 338 g/mol. The molecule has 5 nitrogen and oxygen atoms in total. The zero-order valence-electron chi connectivity index (χ0n) is 14.0. The van der Waals surface area contributed by atoms with Crippen LogP contribution in [0.2, 0.25) is 0 Å². The highest BCUT2D eigenvalue weighted by molar-refractivity contribution is 5.85. The van der Waals surface area contributed by atoms with Crippen molar-refractivity contribution in [2.45, 2.75) is 19.3 Å². The van der Waals surface area contributed by atoms with Gasteiger partial charge in [0.15, 0.2) is 0 Å². The van der Waals surface area contributed by atoms with E-state index in [1.807, 2.05) is 0 Å². The highest BCUT2D eigenvalue weighted by Gasteiger charge is 2.27. The second kappa shape index (κ2) is 6.81. The Morgan fingerprint density at radius 1 is 1.16 bits per heavy atom. The molecule has 0 spiro atoms. The molecule has 0 saturated carbocycles. The van der Waals surface area contributed by atoms with Crippen LogP contribution in [-0.4, -0.2) is 18.0 Å². The summed E-state index contributed by atoms with van der Waals surface area (Å²) in [5.74, 6) is -0.387. The van der Waals surface area contributed by atoms with Gasteiger partial charge in [-0.05, 0) is 25.1 Å². The van der Waals surface area contributed by atoms with Gasteiger partial charge in [-0.15, -0.1) is 0 Å². The van der Waals surface area contributed by atoms with E-state index in [4.69, 9.17) is 9.15 Å². The van der Waals surface area contributed by atoms with Crippen LogP contribution in [0.1, 0.15) is 30.4 Å². The summed E-state index contributed by atoms with van der Waals surface area (Å²) in [5, 5.41) is 11.2. The van der Waals surface area contributed by atoms with Gasteiger partial charge < -0.3 is 14.3 Å². The molecule has 0 radical (unpaired) electrons. The number of Topliss-reactive ketones (excluding diaryl/α,β-unsaturated/α-hetero) is 1. The molecule has 0 bridgehead atoms. The Hall–Kier alpha value is -3.08. The van der Waals surface area contributed by atoms with Gasteiger partial charge in [0.05, 0.1) is 18.1 Å². The van der Waals surface area contributed by atoms with Crippen LogP contribution in [0.15, 0.2) is 57.7 Å². The first-order valence-corrected chi connectivity index (χ1v) is 7.90. The molecule has 0 saturated heterocycles. The molecule has 0 aliphatic carbocycles. The molecule has 1 N–H and O–H groups in total. The molecule has 0 fully saturated rings. The Bertz CT molecular complexity index is 987. The fourth-order valence-corrected chi connectivity index (χ4v) is 3.06. The van der Waals surface area contributed by atoms with Gasteiger partial charge in [-0.3, -0.25) is 4.79 Å². The van der Waals surface area contributed by atoms with Crippen LogP contribution < -0.4 is 10.4 Å². The summed E-state index contributed by atoms with van der Waals surface area (Å²) in [6, 6.07) is 13.9. The molecule has 25 heavy (non-hydrogen) atoms. The quantitative estimate of drug-likeness (QED) is 0.719. The Morgan fingerprint density at radius 3 is 2.56 bits per heavy atom. The zero-order valence-corrected chi connectivity index (χ0v) is 14.0. The maximum Gasteiger partial charge on any atom is 0.343 e. The van der Waals surface area contributed by atoms with Gasteiger partial charge in [-0.1, -0.05) is 30.3 Å². The van der Waals surface area contributed by atoms with Crippen molar-refractivity contribution < 1.29 is 19.1 Å². The molecule has 1 heterocycles. The summed E-state index contributed by atoms with van der Waals surface area (Å²) in [4.78, 5) is 24.4. The molecule has 1 aromatic heterocycles. The molecule has 3 rings (SSSR count). The van der Waals surface area contributed by atoms with Gasteiger partial charge >= 0.3 is 5.63 Å². The Kier molecular flexibility index (Phi) is 4.57. The van der Waals surface area contributed by atoms with Gasteiger partial charge in [0.2, 0.25) is 0 Å². The van der Waals surface area contributed by atoms with Crippen LogP contribution >= 0.6 is 0 Å². The fraction of sp³-hybridized carbons (Fsp3) is 0.200. The number of rotatable bonds is 5. The van der Waals surface area contributed by atoms with E-state index in [2.05, 4.69) is 0 Å². The van der Waals surface area contributed by atoms with E-state index in [9.17, 15) is 14.7 Å². The zero-order chi connectivity index (χ0) is 18.0. The van der Waals surface area contributed by atoms with Crippen LogP contribution in [0.4, 0.5) is 0 Å². The number of aromatic hydroxyl groups is 1. The van der Waals surface area contributed by atoms with Gasteiger partial charge in [-0.25, -0.2) is 4.79 Å². The van der Waals surface area contributed by atoms with Gasteiger partial charge in [0.25, 0.3) is 0 Å². The first-order chi connectivity index (χ1) is 12.0. The van der Waals surface area contributed by atoms with Crippen molar-refractivity contribution in [1.29, 1.82) is 0 Å². The van der Waals surface area contributed by atoms with E-state index < -0.39 is 11.5 Å². The lowest BCUT2D eigenvalue weighted by Gasteiger charge is -2.19. The van der Waals surface area contributed by atoms with Crippen molar-refractivity contribution in [3.8, 4) is 11.5 Å². The number of carbonyl (C=O) groups is 1. The molecule has 0 aliphatic heterocycles. The normalized spacial score (nSPS) is 12.1. The van der Waals surface area contributed by atoms with Crippen molar-refractivity contribution in [1.82, 2.24) is 0 Å². The molecule has 0 unspecified atom stereocenters. The van der Waals surface area contributed by atoms with E-state index in [0.717, 1.165) is 0 Å². The first-order valence-electron chi connectivity index (χ1n) is 7.90. The van der Waals surface area contributed by atoms with E-state index >= 15 is 0 Å². The van der Waals surface area contributed by atoms with Crippen LogP contribution in [-0.2, 0) is 4.79 Å². The molecule has 2 aromatic carbocycles. The third kappa shape index (κ3) is 3.13. The third-order valence-electron chi connectivity index (χ3n) is 4.17. The maximum absolute atomic E-state index is 12.6. The molecule has 128 valence electrons. The highest BCUT2D eigenvalue weighted by Crippen LogP contribution is 2.39. The summed E-state index contributed by atoms with van der Waals surface area (Å²) in [7, 11) is 1.52. The van der Waals surface area contributed by atoms with Crippen LogP contribution in [0.5, 0.6) is 11.5 Å². The van der Waals surface area contributed by atoms with Gasteiger partial charge in [0.1, 0.15) is 22.9 Å². The highest BCUT2D eigenvalue weighted by atomic mass is 16.5. The lowest BCUT2D eigenvalue weighted by atomic mass is 9.86. The van der Waals surface area contributed by atoms with Gasteiger partial charge in [0, 0.05) is 17.9 Å². The van der Waals surface area contributed by atoms with Crippen LogP contribution in [0, 0.1) is 0 Å². The van der Waals surface area contributed by atoms with Crippen molar-refractivity contribution >= 4 is 16.8 Å². The Balaban J connectivity index is 2.29. The Morgan fingerprint density at radius 2 is 1.84 bits per heavy atom. The minimum Gasteiger partial charge on any atom is -0.507 e. The van der Waals surface area contributed by atoms with Crippen LogP contribution in [0.3, 0.4) is 0 Å². The molecule has 1 atom stereocenters. The van der Waals surface area contributed by atoms with E-state index in [1.54, 1.807) is 48.5 Å². The molecule has 0 aliphatic rings. The molecular formula is C20H18O5.